The molecule has 0 aliphatic carbocycles. The maximum atomic E-state index is 13.6. The second kappa shape index (κ2) is 10.9. The van der Waals surface area contributed by atoms with Gasteiger partial charge in [-0.3, -0.25) is 4.90 Å². The third-order valence-corrected chi connectivity index (χ3v) is 6.93. The van der Waals surface area contributed by atoms with Gasteiger partial charge >= 0.3 is 18.3 Å². The van der Waals surface area contributed by atoms with E-state index in [1.54, 1.807) is 62.1 Å². The molecule has 1 aromatic heterocycles. The third-order valence-electron chi connectivity index (χ3n) is 6.93. The minimum Gasteiger partial charge on any atom is -0.444 e. The summed E-state index contributed by atoms with van der Waals surface area (Å²) in [5.41, 5.74) is 1.49. The van der Waals surface area contributed by atoms with E-state index in [0.29, 0.717) is 29.3 Å². The van der Waals surface area contributed by atoms with E-state index in [1.807, 2.05) is 6.07 Å². The van der Waals surface area contributed by atoms with Gasteiger partial charge in [-0.15, -0.1) is 0 Å². The lowest BCUT2D eigenvalue weighted by Gasteiger charge is -2.45. The number of carbonyl (C=O) groups excluding carboxylic acids is 2. The van der Waals surface area contributed by atoms with Crippen LogP contribution >= 0.6 is 0 Å². The van der Waals surface area contributed by atoms with Crippen molar-refractivity contribution in [1.82, 2.24) is 10.3 Å². The van der Waals surface area contributed by atoms with Crippen molar-refractivity contribution in [3.05, 3.63) is 71.8 Å². The number of nitrogens with zero attached hydrogens (tertiary/aromatic N) is 3. The molecular formula is C30H32F3N5O3. The van der Waals surface area contributed by atoms with Crippen LogP contribution in [-0.4, -0.2) is 41.8 Å². The van der Waals surface area contributed by atoms with E-state index in [9.17, 15) is 22.8 Å². The summed E-state index contributed by atoms with van der Waals surface area (Å²) in [6, 6.07) is 15.1. The van der Waals surface area contributed by atoms with Gasteiger partial charge in [0.2, 0.25) is 0 Å². The van der Waals surface area contributed by atoms with Gasteiger partial charge in [0.05, 0.1) is 23.0 Å². The molecule has 0 unspecified atom stereocenters. The van der Waals surface area contributed by atoms with Gasteiger partial charge in [-0.1, -0.05) is 24.3 Å². The number of hydrogen-bond acceptors (Lipinski definition) is 5. The number of anilines is 3. The smallest absolute Gasteiger partial charge is 0.416 e. The molecule has 1 saturated heterocycles. The highest BCUT2D eigenvalue weighted by Crippen LogP contribution is 2.40. The van der Waals surface area contributed by atoms with E-state index in [0.717, 1.165) is 42.8 Å². The minimum atomic E-state index is -4.47. The minimum absolute atomic E-state index is 0.127. The summed E-state index contributed by atoms with van der Waals surface area (Å²) >= 11 is 0. The molecule has 3 amide bonds. The molecular weight excluding hydrogens is 535 g/mol. The van der Waals surface area contributed by atoms with Crippen LogP contribution in [0.15, 0.2) is 60.7 Å². The van der Waals surface area contributed by atoms with Crippen LogP contribution in [0.5, 0.6) is 0 Å². The molecule has 2 bridgehead atoms. The summed E-state index contributed by atoms with van der Waals surface area (Å²) in [5, 5.41) is 5.64. The molecule has 216 valence electrons. The number of piperidine rings is 1. The van der Waals surface area contributed by atoms with Crippen LogP contribution in [0, 0.1) is 0 Å². The summed E-state index contributed by atoms with van der Waals surface area (Å²) < 4.78 is 45.3. The molecule has 3 heterocycles. The zero-order valence-corrected chi connectivity index (χ0v) is 23.1. The molecule has 0 spiro atoms. The summed E-state index contributed by atoms with van der Waals surface area (Å²) in [7, 11) is 0. The van der Waals surface area contributed by atoms with Gasteiger partial charge in [0.1, 0.15) is 5.60 Å². The zero-order chi connectivity index (χ0) is 29.4. The Balaban J connectivity index is 1.35. The average molecular weight is 568 g/mol. The number of fused-ring (bicyclic) bond motifs is 4. The van der Waals surface area contributed by atoms with Crippen molar-refractivity contribution in [2.75, 3.05) is 28.2 Å². The summed E-state index contributed by atoms with van der Waals surface area (Å²) in [6.45, 7) is 7.11. The number of alkyl carbamates (subject to hydrolysis) is 1. The van der Waals surface area contributed by atoms with Crippen LogP contribution in [0.1, 0.15) is 44.7 Å². The number of rotatable bonds is 4. The highest BCUT2D eigenvalue weighted by molar-refractivity contribution is 6.04. The Morgan fingerprint density at radius 2 is 1.80 bits per heavy atom. The number of urea groups is 1. The molecule has 3 aromatic rings. The molecule has 1 atom stereocenters. The van der Waals surface area contributed by atoms with Crippen molar-refractivity contribution < 1.29 is 27.5 Å². The lowest BCUT2D eigenvalue weighted by atomic mass is 9.99. The van der Waals surface area contributed by atoms with E-state index in [1.165, 1.54) is 6.07 Å². The number of nitrogens with one attached hydrogen (secondary N) is 2. The molecule has 5 rings (SSSR count). The maximum absolute atomic E-state index is 13.6. The second-order valence-corrected chi connectivity index (χ2v) is 11.2. The Bertz CT molecular complexity index is 1440. The van der Waals surface area contributed by atoms with Crippen molar-refractivity contribution in [3.8, 4) is 11.3 Å². The number of halogens is 3. The van der Waals surface area contributed by atoms with Gasteiger partial charge in [-0.25, -0.2) is 14.6 Å². The Hall–Kier alpha value is -4.28. The third kappa shape index (κ3) is 6.55. The summed E-state index contributed by atoms with van der Waals surface area (Å²) in [5.74, 6) is 0.423. The zero-order valence-electron chi connectivity index (χ0n) is 23.1. The summed E-state index contributed by atoms with van der Waals surface area (Å²) in [4.78, 5) is 34.1. The fraction of sp³-hybridized carbons (Fsp3) is 0.367. The first-order chi connectivity index (χ1) is 19.4. The predicted molar refractivity (Wildman–Crippen MR) is 151 cm³/mol. The fourth-order valence-electron chi connectivity index (χ4n) is 5.08. The number of amides is 3. The van der Waals surface area contributed by atoms with Gasteiger partial charge in [0.25, 0.3) is 0 Å². The lowest BCUT2D eigenvalue weighted by Crippen LogP contribution is -2.56. The molecule has 2 aliphatic rings. The molecule has 2 aliphatic heterocycles. The van der Waals surface area contributed by atoms with Gasteiger partial charge in [-0.05, 0) is 75.6 Å². The van der Waals surface area contributed by atoms with E-state index in [-0.39, 0.29) is 18.6 Å². The molecule has 2 aromatic carbocycles. The molecule has 0 saturated carbocycles. The average Bonchev–Trinajstić information content (AvgIpc) is 2.91. The SMILES string of the molecule is CC(C)(C)OC(=O)NCc1ccc(NC(=O)N2c3nc(-c4cccc(C(F)(F)F)c4)ccc3N3CCC[C@@H]2C3)cc1. The molecule has 41 heavy (non-hydrogen) atoms. The number of hydrogen-bond donors (Lipinski definition) is 2. The standard InChI is InChI=1S/C30H32F3N5O3/c1-29(2,3)41-28(40)34-17-19-9-11-22(12-10-19)35-27(39)38-23-8-5-15-37(18-23)25-14-13-24(36-26(25)38)20-6-4-7-21(16-20)30(31,32)33/h4,6-7,9-14,16,23H,5,8,15,17-18H2,1-3H3,(H,34,40)(H,35,39)/t23-/m1/s1. The van der Waals surface area contributed by atoms with Crippen molar-refractivity contribution in [3.63, 3.8) is 0 Å². The van der Waals surface area contributed by atoms with Crippen LogP contribution in [-0.2, 0) is 17.5 Å². The number of pyridine rings is 1. The molecule has 0 radical (unpaired) electrons. The largest absolute Gasteiger partial charge is 0.444 e. The highest BCUT2D eigenvalue weighted by atomic mass is 19.4. The molecule has 1 fully saturated rings. The topological polar surface area (TPSA) is 86.8 Å². The number of benzene rings is 2. The number of ether oxygens (including phenoxy) is 1. The van der Waals surface area contributed by atoms with E-state index in [2.05, 4.69) is 15.5 Å². The predicted octanol–water partition coefficient (Wildman–Crippen LogP) is 6.81. The number of aromatic nitrogens is 1. The van der Waals surface area contributed by atoms with E-state index in [4.69, 9.17) is 9.72 Å². The first kappa shape index (κ1) is 28.3. The van der Waals surface area contributed by atoms with Crippen molar-refractivity contribution in [2.24, 2.45) is 0 Å². The maximum Gasteiger partial charge on any atom is 0.416 e. The molecule has 2 N–H and O–H groups in total. The van der Waals surface area contributed by atoms with Crippen molar-refractivity contribution in [2.45, 2.75) is 58.0 Å². The van der Waals surface area contributed by atoms with Crippen molar-refractivity contribution >= 4 is 29.3 Å². The van der Waals surface area contributed by atoms with Gasteiger partial charge in [0.15, 0.2) is 5.82 Å². The van der Waals surface area contributed by atoms with E-state index < -0.39 is 23.4 Å². The first-order valence-electron chi connectivity index (χ1n) is 13.5. The Kier molecular flexibility index (Phi) is 7.54. The number of carbonyl (C=O) groups is 2. The van der Waals surface area contributed by atoms with Gasteiger partial charge in [0, 0.05) is 30.9 Å². The van der Waals surface area contributed by atoms with Gasteiger partial charge < -0.3 is 20.3 Å². The molecule has 11 heteroatoms. The molecule has 8 nitrogen and oxygen atoms in total. The second-order valence-electron chi connectivity index (χ2n) is 11.2. The first-order valence-corrected chi connectivity index (χ1v) is 13.5. The van der Waals surface area contributed by atoms with Gasteiger partial charge in [-0.2, -0.15) is 13.2 Å². The normalized spacial score (nSPS) is 16.6. The Morgan fingerprint density at radius 3 is 2.51 bits per heavy atom. The highest BCUT2D eigenvalue weighted by Gasteiger charge is 2.38. The number of alkyl halides is 3. The van der Waals surface area contributed by atoms with Crippen molar-refractivity contribution in [1.29, 1.82) is 0 Å². The summed E-state index contributed by atoms with van der Waals surface area (Å²) in [6.07, 6.45) is -3.30. The Morgan fingerprint density at radius 1 is 1.05 bits per heavy atom. The lowest BCUT2D eigenvalue weighted by molar-refractivity contribution is -0.137. The van der Waals surface area contributed by atoms with Crippen LogP contribution in [0.3, 0.4) is 0 Å². The fourth-order valence-corrected chi connectivity index (χ4v) is 5.08. The van der Waals surface area contributed by atoms with E-state index >= 15 is 0 Å². The van der Waals surface area contributed by atoms with Crippen LogP contribution in [0.2, 0.25) is 0 Å². The van der Waals surface area contributed by atoms with Crippen LogP contribution in [0.25, 0.3) is 11.3 Å². The quantitative estimate of drug-likeness (QED) is 0.362. The monoisotopic (exact) mass is 567 g/mol. The Labute approximate surface area is 236 Å². The van der Waals surface area contributed by atoms with Crippen LogP contribution < -0.4 is 20.4 Å². The van der Waals surface area contributed by atoms with Crippen LogP contribution in [0.4, 0.5) is 40.0 Å².